The Balaban J connectivity index is 2.47. The van der Waals surface area contributed by atoms with Gasteiger partial charge in [0.2, 0.25) is 0 Å². The fraction of sp³-hybridized carbons (Fsp3) is 0.833. The van der Waals surface area contributed by atoms with Crippen molar-refractivity contribution >= 4 is 9.84 Å². The zero-order chi connectivity index (χ0) is 12.8. The average Bonchev–Trinajstić information content (AvgIpc) is 2.63. The van der Waals surface area contributed by atoms with Crippen LogP contribution < -0.4 is 5.32 Å². The molecule has 0 radical (unpaired) electrons. The van der Waals surface area contributed by atoms with Crippen molar-refractivity contribution in [1.82, 2.24) is 5.32 Å². The Morgan fingerprint density at radius 3 is 2.65 bits per heavy atom. The smallest absolute Gasteiger partial charge is 0.155 e. The molecule has 5 heteroatoms. The van der Waals surface area contributed by atoms with E-state index in [0.717, 1.165) is 0 Å². The molecule has 2 N–H and O–H groups in total. The van der Waals surface area contributed by atoms with Crippen LogP contribution in [0.15, 0.2) is 12.2 Å². The van der Waals surface area contributed by atoms with Crippen LogP contribution in [0.5, 0.6) is 0 Å². The molecule has 0 amide bonds. The van der Waals surface area contributed by atoms with Gasteiger partial charge >= 0.3 is 0 Å². The van der Waals surface area contributed by atoms with Crippen LogP contribution in [0.1, 0.15) is 20.3 Å². The minimum atomic E-state index is -3.08. The molecule has 0 spiro atoms. The van der Waals surface area contributed by atoms with Crippen LogP contribution in [0, 0.1) is 11.8 Å². The lowest BCUT2D eigenvalue weighted by Crippen LogP contribution is -2.45. The van der Waals surface area contributed by atoms with E-state index in [1.807, 2.05) is 19.9 Å². The fourth-order valence-corrected chi connectivity index (χ4v) is 6.53. The highest BCUT2D eigenvalue weighted by molar-refractivity contribution is 7.92. The molecule has 1 aliphatic heterocycles. The summed E-state index contributed by atoms with van der Waals surface area (Å²) in [6, 6.07) is -0.142. The van der Waals surface area contributed by atoms with E-state index in [4.69, 9.17) is 0 Å². The maximum Gasteiger partial charge on any atom is 0.155 e. The first-order valence-corrected chi connectivity index (χ1v) is 7.82. The van der Waals surface area contributed by atoms with Gasteiger partial charge < -0.3 is 10.4 Å². The van der Waals surface area contributed by atoms with Gasteiger partial charge in [0, 0.05) is 12.0 Å². The summed E-state index contributed by atoms with van der Waals surface area (Å²) in [5.41, 5.74) is -0.976. The summed E-state index contributed by atoms with van der Waals surface area (Å²) in [6.45, 7) is 3.78. The highest BCUT2D eigenvalue weighted by atomic mass is 32.2. The molecule has 4 nitrogen and oxygen atoms in total. The number of hydrogen-bond acceptors (Lipinski definition) is 4. The Morgan fingerprint density at radius 2 is 2.12 bits per heavy atom. The summed E-state index contributed by atoms with van der Waals surface area (Å²) < 4.78 is 24.3. The first-order chi connectivity index (χ1) is 7.85. The lowest BCUT2D eigenvalue weighted by Gasteiger charge is -2.30. The van der Waals surface area contributed by atoms with Crippen molar-refractivity contribution in [3.8, 4) is 0 Å². The third kappa shape index (κ3) is 1.84. The van der Waals surface area contributed by atoms with Gasteiger partial charge in [0.05, 0.1) is 16.6 Å². The Labute approximate surface area is 103 Å². The number of aliphatic hydroxyl groups is 1. The predicted molar refractivity (Wildman–Crippen MR) is 67.5 cm³/mol. The van der Waals surface area contributed by atoms with Gasteiger partial charge in [-0.2, -0.15) is 0 Å². The molecule has 2 fully saturated rings. The molecule has 2 aliphatic rings. The van der Waals surface area contributed by atoms with Crippen molar-refractivity contribution in [1.29, 1.82) is 0 Å². The molecule has 98 valence electrons. The zero-order valence-electron chi connectivity index (χ0n) is 10.6. The number of fused-ring (bicyclic) bond motifs is 1. The Kier molecular flexibility index (Phi) is 3.13. The van der Waals surface area contributed by atoms with Crippen molar-refractivity contribution in [3.63, 3.8) is 0 Å². The summed E-state index contributed by atoms with van der Waals surface area (Å²) in [7, 11) is -1.31. The molecular formula is C12H21NO3S. The molecule has 1 saturated heterocycles. The van der Waals surface area contributed by atoms with Gasteiger partial charge in [-0.25, -0.2) is 8.42 Å². The maximum atomic E-state index is 12.1. The third-order valence-electron chi connectivity index (χ3n) is 4.23. The van der Waals surface area contributed by atoms with E-state index in [-0.39, 0.29) is 23.6 Å². The van der Waals surface area contributed by atoms with E-state index in [2.05, 4.69) is 5.32 Å². The Hall–Kier alpha value is -0.390. The second-order valence-electron chi connectivity index (χ2n) is 5.39. The predicted octanol–water partition coefficient (Wildman–Crippen LogP) is 0.335. The molecule has 17 heavy (non-hydrogen) atoms. The number of nitrogens with one attached hydrogen (secondary N) is 1. The number of sulfone groups is 1. The minimum absolute atomic E-state index is 0.0181. The van der Waals surface area contributed by atoms with Crippen LogP contribution in [0.2, 0.25) is 0 Å². The van der Waals surface area contributed by atoms with Crippen LogP contribution in [0.25, 0.3) is 0 Å². The normalized spacial score (nSPS) is 48.7. The standard InChI is InChI=1S/C12H21NO3S/c1-4-5-12(14)6-8(2)11-10(12)9(13-3)7-17(11,15)16/h4-5,8-11,13-14H,6-7H2,1-3H3/b5-4+/t8-,9-,10+,11+,12-/m1/s1. The monoisotopic (exact) mass is 259 g/mol. The van der Waals surface area contributed by atoms with E-state index in [0.29, 0.717) is 6.42 Å². The quantitative estimate of drug-likeness (QED) is 0.702. The number of hydrogen-bond donors (Lipinski definition) is 2. The van der Waals surface area contributed by atoms with E-state index < -0.39 is 20.7 Å². The van der Waals surface area contributed by atoms with Crippen LogP contribution in [0.3, 0.4) is 0 Å². The van der Waals surface area contributed by atoms with Crippen LogP contribution >= 0.6 is 0 Å². The summed E-state index contributed by atoms with van der Waals surface area (Å²) in [5.74, 6) is -0.0588. The van der Waals surface area contributed by atoms with Gasteiger partial charge in [-0.05, 0) is 26.3 Å². The van der Waals surface area contributed by atoms with Crippen LogP contribution in [0.4, 0.5) is 0 Å². The van der Waals surface area contributed by atoms with Crippen molar-refractivity contribution in [3.05, 3.63) is 12.2 Å². The second kappa shape index (κ2) is 4.07. The van der Waals surface area contributed by atoms with Crippen LogP contribution in [-0.4, -0.2) is 43.2 Å². The van der Waals surface area contributed by atoms with Gasteiger partial charge in [0.15, 0.2) is 9.84 Å². The second-order valence-corrected chi connectivity index (χ2v) is 7.59. The SMILES string of the molecule is C/C=C/[C@@]1(O)C[C@@H](C)[C@H]2[C@@H]1[C@H](NC)CS2(=O)=O. The van der Waals surface area contributed by atoms with E-state index in [9.17, 15) is 13.5 Å². The molecule has 1 saturated carbocycles. The summed E-state index contributed by atoms with van der Waals surface area (Å²) in [4.78, 5) is 0. The molecule has 1 heterocycles. The maximum absolute atomic E-state index is 12.1. The molecule has 0 aromatic heterocycles. The van der Waals surface area contributed by atoms with Gasteiger partial charge in [0.1, 0.15) is 0 Å². The molecule has 1 aliphatic carbocycles. The first kappa shape index (κ1) is 13.1. The van der Waals surface area contributed by atoms with Gasteiger partial charge in [-0.1, -0.05) is 19.1 Å². The molecule has 5 atom stereocenters. The van der Waals surface area contributed by atoms with Gasteiger partial charge in [0.25, 0.3) is 0 Å². The zero-order valence-corrected chi connectivity index (χ0v) is 11.4. The van der Waals surface area contributed by atoms with E-state index >= 15 is 0 Å². The van der Waals surface area contributed by atoms with Crippen molar-refractivity contribution < 1.29 is 13.5 Å². The number of rotatable bonds is 2. The molecule has 2 rings (SSSR count). The molecule has 0 aromatic rings. The topological polar surface area (TPSA) is 66.4 Å². The van der Waals surface area contributed by atoms with Gasteiger partial charge in [-0.3, -0.25) is 0 Å². The minimum Gasteiger partial charge on any atom is -0.385 e. The Bertz CT molecular complexity index is 431. The third-order valence-corrected chi connectivity index (χ3v) is 6.64. The molecular weight excluding hydrogens is 238 g/mol. The summed E-state index contributed by atoms with van der Waals surface area (Å²) >= 11 is 0. The highest BCUT2D eigenvalue weighted by Crippen LogP contribution is 2.50. The summed E-state index contributed by atoms with van der Waals surface area (Å²) in [5, 5.41) is 13.3. The number of allylic oxidation sites excluding steroid dienone is 1. The molecule has 0 bridgehead atoms. The van der Waals surface area contributed by atoms with Crippen molar-refractivity contribution in [2.75, 3.05) is 12.8 Å². The van der Waals surface area contributed by atoms with Gasteiger partial charge in [-0.15, -0.1) is 0 Å². The lowest BCUT2D eigenvalue weighted by molar-refractivity contribution is 0.0405. The van der Waals surface area contributed by atoms with Crippen LogP contribution in [-0.2, 0) is 9.84 Å². The molecule has 0 unspecified atom stereocenters. The van der Waals surface area contributed by atoms with E-state index in [1.54, 1.807) is 13.1 Å². The molecule has 0 aromatic carbocycles. The van der Waals surface area contributed by atoms with Crippen molar-refractivity contribution in [2.24, 2.45) is 11.8 Å². The first-order valence-electron chi connectivity index (χ1n) is 6.11. The Morgan fingerprint density at radius 1 is 1.47 bits per heavy atom. The largest absolute Gasteiger partial charge is 0.385 e. The average molecular weight is 259 g/mol. The fourth-order valence-electron chi connectivity index (χ4n) is 3.76. The highest BCUT2D eigenvalue weighted by Gasteiger charge is 2.61. The van der Waals surface area contributed by atoms with Crippen molar-refractivity contribution in [2.45, 2.75) is 37.2 Å². The summed E-state index contributed by atoms with van der Waals surface area (Å²) in [6.07, 6.45) is 4.11. The van der Waals surface area contributed by atoms with E-state index in [1.165, 1.54) is 0 Å². The lowest BCUT2D eigenvalue weighted by atomic mass is 9.85.